The molecule has 0 amide bonds. The molecule has 0 aromatic heterocycles. The fourth-order valence-corrected chi connectivity index (χ4v) is 2.63. The number of benzene rings is 2. The Morgan fingerprint density at radius 2 is 1.95 bits per heavy atom. The van der Waals surface area contributed by atoms with Crippen molar-refractivity contribution in [3.63, 3.8) is 0 Å². The summed E-state index contributed by atoms with van der Waals surface area (Å²) in [5.41, 5.74) is 8.25. The van der Waals surface area contributed by atoms with Gasteiger partial charge in [0.05, 0.1) is 6.61 Å². The summed E-state index contributed by atoms with van der Waals surface area (Å²) in [6, 6.07) is 16.1. The fraction of sp³-hybridized carbons (Fsp3) is 0.294. The number of rotatable bonds is 6. The van der Waals surface area contributed by atoms with E-state index >= 15 is 0 Å². The summed E-state index contributed by atoms with van der Waals surface area (Å²) in [6.45, 7) is 3.23. The minimum absolute atomic E-state index is 0.223. The van der Waals surface area contributed by atoms with Crippen molar-refractivity contribution in [1.82, 2.24) is 0 Å². The lowest BCUT2D eigenvalue weighted by molar-refractivity contribution is 0.340. The van der Waals surface area contributed by atoms with Crippen LogP contribution >= 0.6 is 11.6 Å². The van der Waals surface area contributed by atoms with Gasteiger partial charge in [0, 0.05) is 10.9 Å². The third-order valence-corrected chi connectivity index (χ3v) is 3.67. The Bertz CT molecular complexity index is 556. The van der Waals surface area contributed by atoms with E-state index in [0.29, 0.717) is 13.2 Å². The first kappa shape index (κ1) is 14.9. The monoisotopic (exact) mass is 289 g/mol. The van der Waals surface area contributed by atoms with E-state index in [0.717, 1.165) is 22.8 Å². The van der Waals surface area contributed by atoms with E-state index in [2.05, 4.69) is 12.1 Å². The molecule has 2 aromatic carbocycles. The number of hydrogen-bond acceptors (Lipinski definition) is 2. The molecule has 106 valence electrons. The first-order chi connectivity index (χ1) is 9.74. The van der Waals surface area contributed by atoms with Crippen molar-refractivity contribution in [2.45, 2.75) is 19.3 Å². The van der Waals surface area contributed by atoms with Crippen LogP contribution in [0, 0.1) is 0 Å². The molecule has 0 radical (unpaired) electrons. The number of hydrogen-bond donors (Lipinski definition) is 1. The minimum atomic E-state index is 0.223. The van der Waals surface area contributed by atoms with Gasteiger partial charge in [0.1, 0.15) is 5.75 Å². The van der Waals surface area contributed by atoms with Gasteiger partial charge in [0.25, 0.3) is 0 Å². The molecule has 0 saturated heterocycles. The second-order valence-electron chi connectivity index (χ2n) is 4.74. The van der Waals surface area contributed by atoms with Gasteiger partial charge in [0.2, 0.25) is 0 Å². The first-order valence-electron chi connectivity index (χ1n) is 6.90. The van der Waals surface area contributed by atoms with Gasteiger partial charge in [-0.05, 0) is 49.2 Å². The molecular weight excluding hydrogens is 270 g/mol. The lowest BCUT2D eigenvalue weighted by Gasteiger charge is -2.17. The predicted molar refractivity (Wildman–Crippen MR) is 84.6 cm³/mol. The van der Waals surface area contributed by atoms with E-state index in [9.17, 15) is 0 Å². The number of ether oxygens (including phenoxy) is 1. The zero-order valence-electron chi connectivity index (χ0n) is 11.7. The van der Waals surface area contributed by atoms with E-state index < -0.39 is 0 Å². The fourth-order valence-electron chi connectivity index (χ4n) is 2.34. The first-order valence-corrected chi connectivity index (χ1v) is 7.28. The van der Waals surface area contributed by atoms with Crippen LogP contribution in [-0.2, 0) is 6.42 Å². The molecule has 2 N–H and O–H groups in total. The van der Waals surface area contributed by atoms with Crippen molar-refractivity contribution in [2.24, 2.45) is 5.73 Å². The van der Waals surface area contributed by atoms with Crippen LogP contribution in [0.4, 0.5) is 0 Å². The van der Waals surface area contributed by atoms with Crippen LogP contribution in [0.2, 0.25) is 5.02 Å². The highest BCUT2D eigenvalue weighted by Crippen LogP contribution is 2.27. The summed E-state index contributed by atoms with van der Waals surface area (Å²) < 4.78 is 5.53. The van der Waals surface area contributed by atoms with E-state index in [1.165, 1.54) is 5.56 Å². The van der Waals surface area contributed by atoms with Gasteiger partial charge < -0.3 is 10.5 Å². The average molecular weight is 290 g/mol. The molecule has 1 atom stereocenters. The standard InChI is InChI=1S/C17H20ClNO/c1-2-20-15-7-5-6-13(11-15)10-14(12-19)16-8-3-4-9-17(16)18/h3-9,11,14H,2,10,12,19H2,1H3. The molecule has 2 nitrogen and oxygen atoms in total. The summed E-state index contributed by atoms with van der Waals surface area (Å²) in [7, 11) is 0. The van der Waals surface area contributed by atoms with Gasteiger partial charge in [-0.1, -0.05) is 41.9 Å². The molecule has 2 aromatic rings. The maximum Gasteiger partial charge on any atom is 0.119 e. The van der Waals surface area contributed by atoms with Crippen LogP contribution in [0.3, 0.4) is 0 Å². The predicted octanol–water partition coefficient (Wildman–Crippen LogP) is 4.02. The van der Waals surface area contributed by atoms with E-state index in [-0.39, 0.29) is 5.92 Å². The Kier molecular flexibility index (Phi) is 5.45. The SMILES string of the molecule is CCOc1cccc(CC(CN)c2ccccc2Cl)c1. The number of halogens is 1. The van der Waals surface area contributed by atoms with Gasteiger partial charge >= 0.3 is 0 Å². The Morgan fingerprint density at radius 1 is 1.15 bits per heavy atom. The summed E-state index contributed by atoms with van der Waals surface area (Å²) >= 11 is 6.26. The lowest BCUT2D eigenvalue weighted by Crippen LogP contribution is -2.15. The van der Waals surface area contributed by atoms with Gasteiger partial charge in [-0.15, -0.1) is 0 Å². The summed E-state index contributed by atoms with van der Waals surface area (Å²) in [6.07, 6.45) is 0.862. The third kappa shape index (κ3) is 3.75. The number of nitrogens with two attached hydrogens (primary N) is 1. The molecule has 0 saturated carbocycles. The van der Waals surface area contributed by atoms with Crippen LogP contribution < -0.4 is 10.5 Å². The molecule has 3 heteroatoms. The van der Waals surface area contributed by atoms with Crippen molar-refractivity contribution >= 4 is 11.6 Å². The van der Waals surface area contributed by atoms with E-state index in [4.69, 9.17) is 22.1 Å². The topological polar surface area (TPSA) is 35.2 Å². The average Bonchev–Trinajstić information content (AvgIpc) is 2.46. The van der Waals surface area contributed by atoms with Gasteiger partial charge in [-0.2, -0.15) is 0 Å². The normalized spacial score (nSPS) is 12.2. The maximum atomic E-state index is 6.26. The molecule has 0 fully saturated rings. The zero-order valence-corrected chi connectivity index (χ0v) is 12.4. The van der Waals surface area contributed by atoms with Crippen molar-refractivity contribution in [3.05, 3.63) is 64.7 Å². The second-order valence-corrected chi connectivity index (χ2v) is 5.15. The maximum absolute atomic E-state index is 6.26. The van der Waals surface area contributed by atoms with Crippen LogP contribution in [-0.4, -0.2) is 13.2 Å². The lowest BCUT2D eigenvalue weighted by atomic mass is 9.92. The van der Waals surface area contributed by atoms with Crippen molar-refractivity contribution in [2.75, 3.05) is 13.2 Å². The van der Waals surface area contributed by atoms with E-state index in [1.54, 1.807) is 0 Å². The van der Waals surface area contributed by atoms with Crippen LogP contribution in [0.25, 0.3) is 0 Å². The van der Waals surface area contributed by atoms with Gasteiger partial charge in [-0.25, -0.2) is 0 Å². The molecule has 0 aliphatic heterocycles. The highest BCUT2D eigenvalue weighted by Gasteiger charge is 2.13. The Morgan fingerprint density at radius 3 is 2.65 bits per heavy atom. The molecule has 0 spiro atoms. The molecule has 0 heterocycles. The zero-order chi connectivity index (χ0) is 14.4. The molecular formula is C17H20ClNO. The van der Waals surface area contributed by atoms with Gasteiger partial charge in [-0.3, -0.25) is 0 Å². The van der Waals surface area contributed by atoms with Crippen molar-refractivity contribution in [1.29, 1.82) is 0 Å². The van der Waals surface area contributed by atoms with Gasteiger partial charge in [0.15, 0.2) is 0 Å². The van der Waals surface area contributed by atoms with E-state index in [1.807, 2.05) is 43.3 Å². The Labute approximate surface area is 125 Å². The molecule has 20 heavy (non-hydrogen) atoms. The highest BCUT2D eigenvalue weighted by molar-refractivity contribution is 6.31. The summed E-state index contributed by atoms with van der Waals surface area (Å²) in [5, 5.41) is 0.781. The largest absolute Gasteiger partial charge is 0.494 e. The van der Waals surface area contributed by atoms with Crippen LogP contribution in [0.5, 0.6) is 5.75 Å². The van der Waals surface area contributed by atoms with Crippen molar-refractivity contribution in [3.8, 4) is 5.75 Å². The Balaban J connectivity index is 2.18. The minimum Gasteiger partial charge on any atom is -0.494 e. The summed E-state index contributed by atoms with van der Waals surface area (Å²) in [4.78, 5) is 0. The Hall–Kier alpha value is -1.51. The van der Waals surface area contributed by atoms with Crippen molar-refractivity contribution < 1.29 is 4.74 Å². The van der Waals surface area contributed by atoms with Crippen LogP contribution in [0.1, 0.15) is 24.0 Å². The molecule has 0 bridgehead atoms. The molecule has 0 aliphatic rings. The quantitative estimate of drug-likeness (QED) is 0.871. The highest BCUT2D eigenvalue weighted by atomic mass is 35.5. The molecule has 0 aliphatic carbocycles. The smallest absolute Gasteiger partial charge is 0.119 e. The van der Waals surface area contributed by atoms with Crippen LogP contribution in [0.15, 0.2) is 48.5 Å². The summed E-state index contributed by atoms with van der Waals surface area (Å²) in [5.74, 6) is 1.13. The molecule has 2 rings (SSSR count). The molecule has 1 unspecified atom stereocenters. The third-order valence-electron chi connectivity index (χ3n) is 3.32. The second kappa shape index (κ2) is 7.32.